The van der Waals surface area contributed by atoms with Crippen molar-refractivity contribution in [2.75, 3.05) is 36.4 Å². The number of hydrogen-bond donors (Lipinski definition) is 0. The molecule has 1 spiro atoms. The summed E-state index contributed by atoms with van der Waals surface area (Å²) < 4.78 is 28.2. The Morgan fingerprint density at radius 2 is 2.03 bits per heavy atom. The molecule has 7 heteroatoms. The Kier molecular flexibility index (Phi) is 3.59. The molecule has 7 nitrogen and oxygen atoms in total. The summed E-state index contributed by atoms with van der Waals surface area (Å²) in [5.74, 6) is 0.315. The van der Waals surface area contributed by atoms with Gasteiger partial charge in [0.25, 0.3) is 0 Å². The van der Waals surface area contributed by atoms with Crippen LogP contribution in [-0.2, 0) is 16.1 Å². The molecule has 2 aromatic rings. The first-order valence-corrected chi connectivity index (χ1v) is 11.2. The van der Waals surface area contributed by atoms with Crippen molar-refractivity contribution in [1.82, 2.24) is 9.88 Å². The van der Waals surface area contributed by atoms with Crippen LogP contribution in [0.2, 0.25) is 0 Å². The summed E-state index contributed by atoms with van der Waals surface area (Å²) in [6.07, 6.45) is 6.74. The Morgan fingerprint density at radius 1 is 1.19 bits per heavy atom. The minimum atomic E-state index is -2.61. The number of hydrogen-bond acceptors (Lipinski definition) is 5. The Hall–Kier alpha value is -3.09. The van der Waals surface area contributed by atoms with Crippen molar-refractivity contribution in [3.63, 3.8) is 0 Å². The molecule has 1 aromatic carbocycles. The lowest BCUT2D eigenvalue weighted by Gasteiger charge is -2.61. The highest BCUT2D eigenvalue weighted by molar-refractivity contribution is 5.90. The Morgan fingerprint density at radius 3 is 2.78 bits per heavy atom. The molecule has 1 aliphatic carbocycles. The van der Waals surface area contributed by atoms with Crippen LogP contribution in [0.3, 0.4) is 0 Å². The van der Waals surface area contributed by atoms with Crippen molar-refractivity contribution in [2.24, 2.45) is 5.41 Å². The molecule has 0 radical (unpaired) electrons. The number of carbonyl (C=O) groups excluding carboxylic acids is 2. The number of amides is 2. The number of anilines is 2. The molecule has 0 unspecified atom stereocenters. The minimum absolute atomic E-state index is 0.0378. The molecule has 1 aromatic heterocycles. The van der Waals surface area contributed by atoms with E-state index in [1.165, 1.54) is 0 Å². The van der Waals surface area contributed by atoms with Crippen molar-refractivity contribution < 1.29 is 18.4 Å². The zero-order chi connectivity index (χ0) is 24.5. The SMILES string of the molecule is [2H]C([2H])([2H])N1C(=O)OCc2cc(-c3cncc(N4CC5(CC(N6CCCC6=O)C5)C4)c3C)ccc21. The predicted octanol–water partition coefficient (Wildman–Crippen LogP) is 3.73. The van der Waals surface area contributed by atoms with Gasteiger partial charge in [-0.1, -0.05) is 6.07 Å². The number of aromatic nitrogens is 1. The van der Waals surface area contributed by atoms with Gasteiger partial charge in [-0.15, -0.1) is 0 Å². The lowest BCUT2D eigenvalue weighted by molar-refractivity contribution is -0.135. The monoisotopic (exact) mass is 435 g/mol. The molecular formula is C25H28N4O3. The van der Waals surface area contributed by atoms with Gasteiger partial charge in [0.15, 0.2) is 0 Å². The third kappa shape index (κ3) is 2.90. The quantitative estimate of drug-likeness (QED) is 0.735. The first-order valence-electron chi connectivity index (χ1n) is 12.7. The highest BCUT2D eigenvalue weighted by Gasteiger charge is 2.55. The molecule has 4 aliphatic rings. The number of benzene rings is 1. The van der Waals surface area contributed by atoms with Crippen LogP contribution in [0.4, 0.5) is 16.2 Å². The van der Waals surface area contributed by atoms with Gasteiger partial charge in [-0.05, 0) is 49.4 Å². The molecule has 2 saturated heterocycles. The van der Waals surface area contributed by atoms with Gasteiger partial charge in [0.1, 0.15) is 6.61 Å². The summed E-state index contributed by atoms with van der Waals surface area (Å²) in [4.78, 5) is 33.8. The van der Waals surface area contributed by atoms with Gasteiger partial charge < -0.3 is 14.5 Å². The van der Waals surface area contributed by atoms with E-state index in [0.29, 0.717) is 35.0 Å². The molecule has 3 aliphatic heterocycles. The largest absolute Gasteiger partial charge is 0.444 e. The number of likely N-dealkylation sites (tertiary alicyclic amines) is 1. The van der Waals surface area contributed by atoms with Crippen LogP contribution in [-0.4, -0.2) is 54.5 Å². The lowest BCUT2D eigenvalue weighted by Crippen LogP contribution is -2.67. The van der Waals surface area contributed by atoms with Gasteiger partial charge in [-0.3, -0.25) is 14.7 Å². The first-order chi connectivity index (χ1) is 16.7. The second-order valence-corrected chi connectivity index (χ2v) is 9.67. The van der Waals surface area contributed by atoms with Crippen molar-refractivity contribution in [3.05, 3.63) is 41.7 Å². The van der Waals surface area contributed by atoms with Crippen LogP contribution in [0.5, 0.6) is 0 Å². The highest BCUT2D eigenvalue weighted by Crippen LogP contribution is 2.52. The fourth-order valence-electron chi connectivity index (χ4n) is 5.92. The molecule has 0 N–H and O–H groups in total. The van der Waals surface area contributed by atoms with Crippen molar-refractivity contribution >= 4 is 23.4 Å². The van der Waals surface area contributed by atoms with E-state index >= 15 is 0 Å². The first kappa shape index (κ1) is 16.5. The second-order valence-electron chi connectivity index (χ2n) is 9.67. The normalized spacial score (nSPS) is 23.8. The fraction of sp³-hybridized carbons (Fsp3) is 0.480. The molecule has 2 amide bonds. The number of cyclic esters (lactones) is 1. The van der Waals surface area contributed by atoms with Gasteiger partial charge >= 0.3 is 6.09 Å². The van der Waals surface area contributed by atoms with Gasteiger partial charge in [0.05, 0.1) is 17.6 Å². The van der Waals surface area contributed by atoms with Crippen molar-refractivity contribution in [1.29, 1.82) is 0 Å². The fourth-order valence-corrected chi connectivity index (χ4v) is 5.92. The Labute approximate surface area is 192 Å². The second kappa shape index (κ2) is 6.95. The maximum Gasteiger partial charge on any atom is 0.414 e. The zero-order valence-electron chi connectivity index (χ0n) is 21.1. The number of rotatable bonds is 3. The number of nitrogens with zero attached hydrogens (tertiary/aromatic N) is 4. The molecule has 4 heterocycles. The molecule has 0 atom stereocenters. The molecule has 166 valence electrons. The molecule has 32 heavy (non-hydrogen) atoms. The van der Waals surface area contributed by atoms with Crippen LogP contribution >= 0.6 is 0 Å². The van der Waals surface area contributed by atoms with E-state index < -0.39 is 13.1 Å². The number of fused-ring (bicyclic) bond motifs is 1. The maximum absolute atomic E-state index is 12.1. The molecular weight excluding hydrogens is 404 g/mol. The van der Waals surface area contributed by atoms with Crippen molar-refractivity contribution in [2.45, 2.75) is 45.3 Å². The summed E-state index contributed by atoms with van der Waals surface area (Å²) in [7, 11) is 0. The number of ether oxygens (including phenoxy) is 1. The average molecular weight is 436 g/mol. The number of carbonyl (C=O) groups is 2. The highest BCUT2D eigenvalue weighted by atomic mass is 16.6. The Balaban J connectivity index is 1.20. The maximum atomic E-state index is 12.1. The molecule has 0 bridgehead atoms. The van der Waals surface area contributed by atoms with Crippen molar-refractivity contribution in [3.8, 4) is 11.1 Å². The third-order valence-corrected chi connectivity index (χ3v) is 7.64. The Bertz CT molecular complexity index is 1220. The summed E-state index contributed by atoms with van der Waals surface area (Å²) in [5.41, 5.74) is 5.41. The van der Waals surface area contributed by atoms with E-state index in [9.17, 15) is 9.59 Å². The van der Waals surface area contributed by atoms with Crippen LogP contribution in [0, 0.1) is 12.3 Å². The summed E-state index contributed by atoms with van der Waals surface area (Å²) in [6, 6.07) is 5.81. The van der Waals surface area contributed by atoms with Gasteiger partial charge in [-0.25, -0.2) is 4.79 Å². The van der Waals surface area contributed by atoms with Crippen LogP contribution in [0.1, 0.15) is 40.9 Å². The summed E-state index contributed by atoms with van der Waals surface area (Å²) in [6.45, 7) is 2.38. The van der Waals surface area contributed by atoms with Gasteiger partial charge in [0, 0.05) is 65.9 Å². The predicted molar refractivity (Wildman–Crippen MR) is 122 cm³/mol. The lowest BCUT2D eigenvalue weighted by atomic mass is 9.60. The molecule has 1 saturated carbocycles. The minimum Gasteiger partial charge on any atom is -0.444 e. The van der Waals surface area contributed by atoms with E-state index in [1.807, 2.05) is 24.5 Å². The van der Waals surface area contributed by atoms with Crippen LogP contribution < -0.4 is 9.80 Å². The van der Waals surface area contributed by atoms with E-state index in [-0.39, 0.29) is 6.61 Å². The van der Waals surface area contributed by atoms with E-state index in [2.05, 4.69) is 21.7 Å². The molecule has 3 fully saturated rings. The third-order valence-electron chi connectivity index (χ3n) is 7.64. The smallest absolute Gasteiger partial charge is 0.414 e. The van der Waals surface area contributed by atoms with Gasteiger partial charge in [-0.2, -0.15) is 0 Å². The standard InChI is InChI=1S/C25H28N4O3/c1-16-20(17-5-6-21-18(8-17)13-32-24(31)27(21)2)11-26-12-22(16)28-14-25(15-28)9-19(10-25)29-7-3-4-23(29)30/h5-6,8,11-12,19H,3-4,7,9-10,13-15H2,1-2H3/i2D3. The summed E-state index contributed by atoms with van der Waals surface area (Å²) in [5, 5.41) is 0. The average Bonchev–Trinajstić information content (AvgIpc) is 3.17. The zero-order valence-corrected chi connectivity index (χ0v) is 18.1. The number of pyridine rings is 1. The van der Waals surface area contributed by atoms with Gasteiger partial charge in [0.2, 0.25) is 5.91 Å². The van der Waals surface area contributed by atoms with Crippen LogP contribution in [0.25, 0.3) is 11.1 Å². The topological polar surface area (TPSA) is 66.0 Å². The van der Waals surface area contributed by atoms with Crippen LogP contribution in [0.15, 0.2) is 30.6 Å². The van der Waals surface area contributed by atoms with E-state index in [0.717, 1.165) is 66.2 Å². The van der Waals surface area contributed by atoms with E-state index in [4.69, 9.17) is 8.85 Å². The summed E-state index contributed by atoms with van der Waals surface area (Å²) >= 11 is 0. The molecule has 6 rings (SSSR count). The van der Waals surface area contributed by atoms with E-state index in [1.54, 1.807) is 6.07 Å².